The highest BCUT2D eigenvalue weighted by Crippen LogP contribution is 2.60. The number of carbonyl (C=O) groups excluding carboxylic acids is 1. The van der Waals surface area contributed by atoms with Crippen LogP contribution in [0, 0.1) is 35.3 Å². The molecule has 3 atom stereocenters. The van der Waals surface area contributed by atoms with Gasteiger partial charge in [0.15, 0.2) is 68.8 Å². The molecule has 27 nitrogen and oxygen atoms in total. The number of pyridine rings is 3. The van der Waals surface area contributed by atoms with E-state index in [9.17, 15) is 39.6 Å². The number of alkyl halides is 3. The molecular formula is C80H60F9N17O10S. The van der Waals surface area contributed by atoms with Gasteiger partial charge in [0, 0.05) is 162 Å². The van der Waals surface area contributed by atoms with Crippen LogP contribution in [0.3, 0.4) is 0 Å². The summed E-state index contributed by atoms with van der Waals surface area (Å²) in [6, 6.07) is 32.2. The quantitative estimate of drug-likeness (QED) is 0.0578. The lowest BCUT2D eigenvalue weighted by atomic mass is 9.79. The van der Waals surface area contributed by atoms with Gasteiger partial charge in [-0.15, -0.1) is 0 Å². The number of aromatic nitrogens is 9. The van der Waals surface area contributed by atoms with Crippen LogP contribution < -0.4 is 45.0 Å². The van der Waals surface area contributed by atoms with E-state index in [0.29, 0.717) is 138 Å². The number of nitrogens with two attached hydrogens (primary N) is 2. The van der Waals surface area contributed by atoms with Gasteiger partial charge in [-0.25, -0.2) is 62.8 Å². The molecule has 2 fully saturated rings. The zero-order valence-electron chi connectivity index (χ0n) is 61.3. The fourth-order valence-electron chi connectivity index (χ4n) is 15.5. The molecule has 0 bridgehead atoms. The number of halogens is 9. The summed E-state index contributed by atoms with van der Waals surface area (Å²) >= 11 is 0. The Labute approximate surface area is 657 Å². The van der Waals surface area contributed by atoms with Crippen LogP contribution in [0.1, 0.15) is 71.6 Å². The lowest BCUT2D eigenvalue weighted by Gasteiger charge is -2.36. The van der Waals surface area contributed by atoms with Gasteiger partial charge in [0.05, 0.1) is 26.4 Å². The third-order valence-electron chi connectivity index (χ3n) is 20.5. The van der Waals surface area contributed by atoms with Crippen LogP contribution in [-0.4, -0.2) is 140 Å². The standard InChI is InChI=1S/C28H20F5N5O6S.2C26H20F2N6O2/c1-26(2,3)43-25(39)36-24-37-27(23-35-9-10-38(23)24)17-11-14(16-5-4-8-34-22(16)30)6-7-20(17)42-21-18(27)12-15(13-19(21)29)44-45(40,41)28(31,32)33;2*27-20-14-16(33-8-10-35-11-9-33)13-19-22(20)36-21-4-3-15(17-2-1-5-30-23(17)28)12-18(21)26(19)24-31-6-7-34(24)25(29)32-26/h4-13H,1-3H3,(H,36,37,39);2*1-7,12-14H,8-11H2,(H2,29,32)/t;2*26-/m.10/s1. The number of carbonyl (C=O) groups is 1. The summed E-state index contributed by atoms with van der Waals surface area (Å²) < 4.78 is 197. The minimum atomic E-state index is -6.22. The van der Waals surface area contributed by atoms with E-state index >= 15 is 13.2 Å². The molecule has 14 heterocycles. The second kappa shape index (κ2) is 27.8. The Balaban J connectivity index is 0.000000122. The fourth-order valence-corrected chi connectivity index (χ4v) is 15.9. The Morgan fingerprint density at radius 3 is 1.24 bits per heavy atom. The summed E-state index contributed by atoms with van der Waals surface area (Å²) in [5.74, 6) is -3.80. The predicted molar refractivity (Wildman–Crippen MR) is 403 cm³/mol. The average molecular weight is 1620 g/mol. The second-order valence-corrected chi connectivity index (χ2v) is 30.1. The van der Waals surface area contributed by atoms with Crippen molar-refractivity contribution in [2.45, 2.75) is 48.5 Å². The Kier molecular flexibility index (Phi) is 17.8. The molecule has 2 saturated heterocycles. The van der Waals surface area contributed by atoms with Gasteiger partial charge < -0.3 is 53.9 Å². The van der Waals surface area contributed by atoms with Gasteiger partial charge in [-0.1, -0.05) is 18.2 Å². The maximum absolute atomic E-state index is 15.7. The number of ether oxygens (including phenoxy) is 6. The molecule has 37 heteroatoms. The molecule has 0 saturated carbocycles. The van der Waals surface area contributed by atoms with Crippen molar-refractivity contribution in [2.24, 2.45) is 26.4 Å². The summed E-state index contributed by atoms with van der Waals surface area (Å²) in [4.78, 5) is 56.0. The molecule has 1 unspecified atom stereocenters. The van der Waals surface area contributed by atoms with Crippen LogP contribution in [0.15, 0.2) is 198 Å². The topological polar surface area (TPSA) is 316 Å². The number of benzene rings is 6. The largest absolute Gasteiger partial charge is 0.534 e. The number of morpholine rings is 2. The number of alkyl carbamates (subject to hydrolysis) is 1. The number of rotatable bonds is 7. The molecule has 5 N–H and O–H groups in total. The molecule has 6 aromatic heterocycles. The first-order valence-corrected chi connectivity index (χ1v) is 37.4. The van der Waals surface area contributed by atoms with Crippen LogP contribution in [-0.2, 0) is 40.9 Å². The van der Waals surface area contributed by atoms with Crippen LogP contribution in [0.2, 0.25) is 0 Å². The van der Waals surface area contributed by atoms with E-state index in [0.717, 1.165) is 6.07 Å². The summed E-state index contributed by atoms with van der Waals surface area (Å²) in [5, 5.41) is 2.49. The maximum Gasteiger partial charge on any atom is 0.534 e. The molecule has 20 rings (SSSR count). The minimum absolute atomic E-state index is 0.0113. The van der Waals surface area contributed by atoms with Crippen molar-refractivity contribution in [3.05, 3.63) is 269 Å². The van der Waals surface area contributed by atoms with E-state index in [1.54, 1.807) is 115 Å². The number of nitrogens with one attached hydrogen (secondary N) is 1. The Morgan fingerprint density at radius 2 is 0.846 bits per heavy atom. The summed E-state index contributed by atoms with van der Waals surface area (Å²) in [5.41, 5.74) is 6.74. The second-order valence-electron chi connectivity index (χ2n) is 28.5. The summed E-state index contributed by atoms with van der Waals surface area (Å²) in [7, 11) is -6.22. The van der Waals surface area contributed by atoms with Crippen molar-refractivity contribution in [1.29, 1.82) is 0 Å². The van der Waals surface area contributed by atoms with E-state index in [1.807, 2.05) is 12.1 Å². The van der Waals surface area contributed by atoms with Crippen LogP contribution in [0.4, 0.5) is 55.7 Å². The van der Waals surface area contributed by atoms with Gasteiger partial charge in [-0.05, 0) is 128 Å². The minimum Gasteiger partial charge on any atom is -0.453 e. The number of nitrogens with zero attached hydrogens (tertiary/aromatic N) is 14. The highest BCUT2D eigenvalue weighted by molar-refractivity contribution is 7.88. The molecule has 3 spiro atoms. The highest BCUT2D eigenvalue weighted by Gasteiger charge is 2.57. The van der Waals surface area contributed by atoms with Gasteiger partial charge in [-0.2, -0.15) is 34.8 Å². The zero-order valence-corrected chi connectivity index (χ0v) is 62.1. The molecule has 0 radical (unpaired) electrons. The number of anilines is 2. The van der Waals surface area contributed by atoms with Crippen LogP contribution >= 0.6 is 0 Å². The molecule has 0 aliphatic carbocycles. The van der Waals surface area contributed by atoms with Gasteiger partial charge in [0.25, 0.3) is 0 Å². The van der Waals surface area contributed by atoms with Crippen molar-refractivity contribution in [3.63, 3.8) is 0 Å². The van der Waals surface area contributed by atoms with E-state index in [1.165, 1.54) is 78.0 Å². The van der Waals surface area contributed by atoms with Crippen LogP contribution in [0.25, 0.3) is 33.4 Å². The highest BCUT2D eigenvalue weighted by atomic mass is 32.2. The molecule has 8 aliphatic rings. The average Bonchev–Trinajstić information content (AvgIpc) is 1.63. The molecule has 117 heavy (non-hydrogen) atoms. The Bertz CT molecular complexity index is 6110. The predicted octanol–water partition coefficient (Wildman–Crippen LogP) is 12.9. The molecule has 594 valence electrons. The van der Waals surface area contributed by atoms with E-state index in [-0.39, 0.29) is 63.2 Å². The number of fused-ring (bicyclic) bond motifs is 18. The normalized spacial score (nSPS) is 18.9. The molecule has 12 aromatic rings. The Morgan fingerprint density at radius 1 is 0.470 bits per heavy atom. The molecule has 1 amide bonds. The van der Waals surface area contributed by atoms with E-state index in [4.69, 9.17) is 49.9 Å². The van der Waals surface area contributed by atoms with Crippen molar-refractivity contribution in [2.75, 3.05) is 62.4 Å². The van der Waals surface area contributed by atoms with Gasteiger partial charge in [-0.3, -0.25) is 19.0 Å². The Hall–Kier alpha value is -13.7. The molecular weight excluding hydrogens is 1560 g/mol. The number of aliphatic imine (C=N–C) groups is 3. The zero-order chi connectivity index (χ0) is 81.4. The first-order valence-electron chi connectivity index (χ1n) is 36.0. The first kappa shape index (κ1) is 74.7. The van der Waals surface area contributed by atoms with Crippen molar-refractivity contribution >= 4 is 45.5 Å². The first-order chi connectivity index (χ1) is 56.1. The maximum atomic E-state index is 15.7. The van der Waals surface area contributed by atoms with Crippen molar-refractivity contribution < 1.29 is 85.3 Å². The lowest BCUT2D eigenvalue weighted by molar-refractivity contribution is -0.0500. The number of hydrogen-bond acceptors (Lipinski definition) is 23. The van der Waals surface area contributed by atoms with E-state index < -0.39 is 90.7 Å². The van der Waals surface area contributed by atoms with Gasteiger partial charge in [0.2, 0.25) is 35.7 Å². The number of imidazole rings is 3. The fraction of sp³-hybridized carbons (Fsp3) is 0.200. The smallest absolute Gasteiger partial charge is 0.453 e. The van der Waals surface area contributed by atoms with Gasteiger partial charge in [0.1, 0.15) is 28.6 Å². The third-order valence-corrected chi connectivity index (χ3v) is 21.5. The van der Waals surface area contributed by atoms with Gasteiger partial charge >= 0.3 is 21.7 Å². The van der Waals surface area contributed by atoms with Crippen LogP contribution in [0.5, 0.6) is 40.2 Å². The monoisotopic (exact) mass is 1620 g/mol. The van der Waals surface area contributed by atoms with E-state index in [2.05, 4.69) is 54.2 Å². The SMILES string of the molecule is CC(C)(C)OC(=O)NC1=NC2(c3cc(-c4cccnc4F)ccc3Oc3c(F)cc(OS(=O)(=O)C(F)(F)F)cc32)c2nccn21.NC1=N[C@@]2(c3cc(-c4cccnc4F)ccc3Oc3c(F)cc(N4CCOCC4)cc32)c2nccn21.NC1=N[C@]2(c3cc(-c4cccnc4F)ccc3Oc3c(F)cc(N4CCOCC4)cc32)c2nccn21. The summed E-state index contributed by atoms with van der Waals surface area (Å²) in [6.45, 7) is 9.61. The van der Waals surface area contributed by atoms with Crippen molar-refractivity contribution in [1.82, 2.24) is 48.9 Å². The number of amides is 1. The third kappa shape index (κ3) is 12.4. The molecule has 8 aliphatic heterocycles. The lowest BCUT2D eigenvalue weighted by Crippen LogP contribution is -2.38. The number of hydrogen-bond donors (Lipinski definition) is 3. The summed E-state index contributed by atoms with van der Waals surface area (Å²) in [6.07, 6.45) is 12.5. The van der Waals surface area contributed by atoms with Crippen molar-refractivity contribution in [3.8, 4) is 73.6 Å². The molecule has 6 aromatic carbocycles.